The van der Waals surface area contributed by atoms with E-state index in [9.17, 15) is 13.2 Å². The second kappa shape index (κ2) is 7.92. The van der Waals surface area contributed by atoms with Gasteiger partial charge in [0.15, 0.2) is 0 Å². The Morgan fingerprint density at radius 3 is 2.68 bits per heavy atom. The van der Waals surface area contributed by atoms with Crippen molar-refractivity contribution in [3.8, 4) is 0 Å². The first-order valence-corrected chi connectivity index (χ1v) is 8.39. The Hall–Kier alpha value is -1.15. The molecule has 1 aliphatic heterocycles. The van der Waals surface area contributed by atoms with Gasteiger partial charge in [0.2, 0.25) is 15.9 Å². The van der Waals surface area contributed by atoms with Crippen LogP contribution in [-0.4, -0.2) is 45.8 Å². The molecule has 0 saturated carbocycles. The molecule has 1 heterocycles. The molecule has 2 rings (SSSR count). The predicted molar refractivity (Wildman–Crippen MR) is 88.8 cm³/mol. The van der Waals surface area contributed by atoms with E-state index in [1.807, 2.05) is 0 Å². The Bertz CT molecular complexity index is 614. The standard InChI is InChI=1S/C14H21N3O3S.ClH/c1-17(2)21(19,20)13-7-3-6-12(9-13)16-14(18)11-5-4-8-15-10-11;/h3,6-7,9,11,15H,4-5,8,10H2,1-2H3,(H,16,18);1H. The van der Waals surface area contributed by atoms with E-state index < -0.39 is 10.0 Å². The second-order valence-electron chi connectivity index (χ2n) is 5.35. The maximum Gasteiger partial charge on any atom is 0.242 e. The van der Waals surface area contributed by atoms with Crippen LogP contribution in [0.2, 0.25) is 0 Å². The number of amides is 1. The first-order chi connectivity index (χ1) is 9.91. The Morgan fingerprint density at radius 1 is 1.36 bits per heavy atom. The highest BCUT2D eigenvalue weighted by molar-refractivity contribution is 7.89. The van der Waals surface area contributed by atoms with Crippen molar-refractivity contribution in [1.29, 1.82) is 0 Å². The minimum absolute atomic E-state index is 0. The first kappa shape index (κ1) is 18.9. The molecule has 6 nitrogen and oxygen atoms in total. The minimum atomic E-state index is -3.49. The number of nitrogens with one attached hydrogen (secondary N) is 2. The topological polar surface area (TPSA) is 78.5 Å². The summed E-state index contributed by atoms with van der Waals surface area (Å²) >= 11 is 0. The van der Waals surface area contributed by atoms with Crippen LogP contribution in [0.15, 0.2) is 29.2 Å². The zero-order valence-electron chi connectivity index (χ0n) is 12.7. The summed E-state index contributed by atoms with van der Waals surface area (Å²) in [5.74, 6) is -0.130. The van der Waals surface area contributed by atoms with Gasteiger partial charge in [-0.25, -0.2) is 12.7 Å². The Balaban J connectivity index is 0.00000242. The molecule has 0 aliphatic carbocycles. The zero-order valence-corrected chi connectivity index (χ0v) is 14.3. The average Bonchev–Trinajstić information content (AvgIpc) is 2.48. The van der Waals surface area contributed by atoms with Crippen molar-refractivity contribution >= 4 is 34.0 Å². The SMILES string of the molecule is CN(C)S(=O)(=O)c1cccc(NC(=O)C2CCCNC2)c1.Cl. The fraction of sp³-hybridized carbons (Fsp3) is 0.500. The van der Waals surface area contributed by atoms with Crippen LogP contribution < -0.4 is 10.6 Å². The number of piperidine rings is 1. The van der Waals surface area contributed by atoms with E-state index in [0.29, 0.717) is 12.2 Å². The molecule has 8 heteroatoms. The van der Waals surface area contributed by atoms with Crippen molar-refractivity contribution in [2.75, 3.05) is 32.5 Å². The number of sulfonamides is 1. The van der Waals surface area contributed by atoms with Gasteiger partial charge < -0.3 is 10.6 Å². The van der Waals surface area contributed by atoms with Crippen LogP contribution >= 0.6 is 12.4 Å². The van der Waals surface area contributed by atoms with Crippen LogP contribution in [-0.2, 0) is 14.8 Å². The molecule has 0 radical (unpaired) electrons. The molecule has 1 unspecified atom stereocenters. The normalized spacial score (nSPS) is 18.6. The molecule has 1 aromatic carbocycles. The Labute approximate surface area is 137 Å². The van der Waals surface area contributed by atoms with E-state index in [1.165, 1.54) is 26.2 Å². The number of benzene rings is 1. The smallest absolute Gasteiger partial charge is 0.242 e. The summed E-state index contributed by atoms with van der Waals surface area (Å²) in [5.41, 5.74) is 0.508. The summed E-state index contributed by atoms with van der Waals surface area (Å²) in [6, 6.07) is 6.34. The maximum absolute atomic E-state index is 12.2. The van der Waals surface area contributed by atoms with E-state index in [1.54, 1.807) is 12.1 Å². The molecule has 0 bridgehead atoms. The van der Waals surface area contributed by atoms with Crippen LogP contribution in [0.25, 0.3) is 0 Å². The first-order valence-electron chi connectivity index (χ1n) is 6.95. The highest BCUT2D eigenvalue weighted by atomic mass is 35.5. The molecule has 0 aromatic heterocycles. The average molecular weight is 348 g/mol. The van der Waals surface area contributed by atoms with Crippen molar-refractivity contribution in [2.24, 2.45) is 5.92 Å². The molecule has 124 valence electrons. The van der Waals surface area contributed by atoms with Crippen molar-refractivity contribution in [2.45, 2.75) is 17.7 Å². The van der Waals surface area contributed by atoms with Crippen molar-refractivity contribution in [1.82, 2.24) is 9.62 Å². The van der Waals surface area contributed by atoms with Gasteiger partial charge in [0.25, 0.3) is 0 Å². The molecule has 1 amide bonds. The van der Waals surface area contributed by atoms with Gasteiger partial charge >= 0.3 is 0 Å². The van der Waals surface area contributed by atoms with Gasteiger partial charge in [-0.1, -0.05) is 6.07 Å². The molecule has 22 heavy (non-hydrogen) atoms. The predicted octanol–water partition coefficient (Wildman–Crippen LogP) is 1.30. The lowest BCUT2D eigenvalue weighted by molar-refractivity contribution is -0.120. The molecule has 0 spiro atoms. The lowest BCUT2D eigenvalue weighted by atomic mass is 9.99. The molecular formula is C14H22ClN3O3S. The number of anilines is 1. The van der Waals surface area contributed by atoms with Crippen LogP contribution in [0.3, 0.4) is 0 Å². The number of carbonyl (C=O) groups is 1. The number of nitrogens with zero attached hydrogens (tertiary/aromatic N) is 1. The van der Waals surface area contributed by atoms with Gasteiger partial charge in [-0.15, -0.1) is 12.4 Å². The molecule has 1 aromatic rings. The van der Waals surface area contributed by atoms with Crippen molar-refractivity contribution < 1.29 is 13.2 Å². The van der Waals surface area contributed by atoms with Crippen LogP contribution in [0.4, 0.5) is 5.69 Å². The number of hydrogen-bond donors (Lipinski definition) is 2. The highest BCUT2D eigenvalue weighted by Crippen LogP contribution is 2.19. The molecule has 1 aliphatic rings. The summed E-state index contributed by atoms with van der Waals surface area (Å²) in [4.78, 5) is 12.3. The fourth-order valence-corrected chi connectivity index (χ4v) is 3.21. The summed E-state index contributed by atoms with van der Waals surface area (Å²) in [6.07, 6.45) is 1.83. The molecule has 2 N–H and O–H groups in total. The van der Waals surface area contributed by atoms with Gasteiger partial charge in [0.05, 0.1) is 10.8 Å². The van der Waals surface area contributed by atoms with Crippen molar-refractivity contribution in [3.05, 3.63) is 24.3 Å². The van der Waals surface area contributed by atoms with E-state index in [-0.39, 0.29) is 29.1 Å². The summed E-state index contributed by atoms with van der Waals surface area (Å²) in [6.45, 7) is 1.61. The largest absolute Gasteiger partial charge is 0.326 e. The van der Waals surface area contributed by atoms with Gasteiger partial charge in [-0.05, 0) is 37.6 Å². The van der Waals surface area contributed by atoms with Gasteiger partial charge in [-0.2, -0.15) is 0 Å². The zero-order chi connectivity index (χ0) is 15.5. The maximum atomic E-state index is 12.2. The minimum Gasteiger partial charge on any atom is -0.326 e. The third kappa shape index (κ3) is 4.42. The lowest BCUT2D eigenvalue weighted by Crippen LogP contribution is -2.37. The molecule has 1 saturated heterocycles. The summed E-state index contributed by atoms with van der Waals surface area (Å²) in [7, 11) is -0.529. The van der Waals surface area contributed by atoms with Gasteiger partial charge in [-0.3, -0.25) is 4.79 Å². The van der Waals surface area contributed by atoms with Gasteiger partial charge in [0, 0.05) is 26.3 Å². The molecule has 1 fully saturated rings. The molecular weight excluding hydrogens is 326 g/mol. The number of rotatable bonds is 4. The van der Waals surface area contributed by atoms with Crippen LogP contribution in [0.1, 0.15) is 12.8 Å². The van der Waals surface area contributed by atoms with E-state index in [0.717, 1.165) is 23.7 Å². The number of carbonyl (C=O) groups excluding carboxylic acids is 1. The molecule has 1 atom stereocenters. The highest BCUT2D eigenvalue weighted by Gasteiger charge is 2.22. The number of hydrogen-bond acceptors (Lipinski definition) is 4. The van der Waals surface area contributed by atoms with Crippen LogP contribution in [0, 0.1) is 5.92 Å². The quantitative estimate of drug-likeness (QED) is 0.860. The summed E-state index contributed by atoms with van der Waals surface area (Å²) in [5, 5.41) is 5.99. The lowest BCUT2D eigenvalue weighted by Gasteiger charge is -2.22. The van der Waals surface area contributed by atoms with E-state index in [4.69, 9.17) is 0 Å². The third-order valence-corrected chi connectivity index (χ3v) is 5.36. The Morgan fingerprint density at radius 2 is 2.09 bits per heavy atom. The van der Waals surface area contributed by atoms with E-state index >= 15 is 0 Å². The van der Waals surface area contributed by atoms with Gasteiger partial charge in [0.1, 0.15) is 0 Å². The third-order valence-electron chi connectivity index (χ3n) is 3.55. The van der Waals surface area contributed by atoms with Crippen LogP contribution in [0.5, 0.6) is 0 Å². The second-order valence-corrected chi connectivity index (χ2v) is 7.50. The number of halogens is 1. The Kier molecular flexibility index (Phi) is 6.80. The fourth-order valence-electron chi connectivity index (χ4n) is 2.27. The van der Waals surface area contributed by atoms with E-state index in [2.05, 4.69) is 10.6 Å². The van der Waals surface area contributed by atoms with Crippen molar-refractivity contribution in [3.63, 3.8) is 0 Å². The monoisotopic (exact) mass is 347 g/mol. The summed E-state index contributed by atoms with van der Waals surface area (Å²) < 4.78 is 25.3.